The van der Waals surface area contributed by atoms with Gasteiger partial charge in [-0.25, -0.2) is 0 Å². The molecule has 0 spiro atoms. The lowest BCUT2D eigenvalue weighted by Crippen LogP contribution is -2.29. The third-order valence-corrected chi connectivity index (χ3v) is 4.35. The molecule has 3 aromatic rings. The molecule has 0 saturated carbocycles. The van der Waals surface area contributed by atoms with Crippen molar-refractivity contribution in [1.82, 2.24) is 15.5 Å². The summed E-state index contributed by atoms with van der Waals surface area (Å²) in [5.41, 5.74) is 2.07. The van der Waals surface area contributed by atoms with Crippen LogP contribution < -0.4 is 10.2 Å². The van der Waals surface area contributed by atoms with Gasteiger partial charge in [-0.2, -0.15) is 0 Å². The predicted molar refractivity (Wildman–Crippen MR) is 94.7 cm³/mol. The van der Waals surface area contributed by atoms with Crippen LogP contribution in [0.4, 0.5) is 5.82 Å². The number of nitrogens with one attached hydrogen (secondary N) is 1. The van der Waals surface area contributed by atoms with Crippen LogP contribution in [0.1, 0.15) is 6.42 Å². The maximum atomic E-state index is 4.60. The fourth-order valence-electron chi connectivity index (χ4n) is 3.19. The number of fused-ring (bicyclic) bond motifs is 1. The lowest BCUT2D eigenvalue weighted by Gasteiger charge is -2.22. The van der Waals surface area contributed by atoms with Gasteiger partial charge >= 0.3 is 0 Å². The molecule has 4 rings (SSSR count). The van der Waals surface area contributed by atoms with Crippen molar-refractivity contribution < 1.29 is 0 Å². The minimum atomic E-state index is 0.956. The Morgan fingerprint density at radius 2 is 1.57 bits per heavy atom. The molecule has 1 N–H and O–H groups in total. The van der Waals surface area contributed by atoms with Gasteiger partial charge in [-0.1, -0.05) is 54.6 Å². The first-order valence-electron chi connectivity index (χ1n) is 8.20. The molecule has 0 amide bonds. The van der Waals surface area contributed by atoms with E-state index in [4.69, 9.17) is 0 Å². The summed E-state index contributed by atoms with van der Waals surface area (Å²) in [6.07, 6.45) is 1.14. The second kappa shape index (κ2) is 6.34. The number of anilines is 1. The molecule has 1 aromatic heterocycles. The van der Waals surface area contributed by atoms with Crippen LogP contribution in [0.2, 0.25) is 0 Å². The van der Waals surface area contributed by atoms with Crippen LogP contribution in [-0.4, -0.2) is 36.4 Å². The van der Waals surface area contributed by atoms with E-state index < -0.39 is 0 Å². The number of rotatable bonds is 2. The highest BCUT2D eigenvalue weighted by molar-refractivity contribution is 6.00. The average molecular weight is 304 g/mol. The number of hydrogen-bond donors (Lipinski definition) is 1. The van der Waals surface area contributed by atoms with E-state index >= 15 is 0 Å². The highest BCUT2D eigenvalue weighted by atomic mass is 15.3. The fourth-order valence-corrected chi connectivity index (χ4v) is 3.19. The van der Waals surface area contributed by atoms with E-state index in [1.54, 1.807) is 0 Å². The molecule has 1 aliphatic heterocycles. The number of hydrogen-bond acceptors (Lipinski definition) is 4. The minimum Gasteiger partial charge on any atom is -0.353 e. The first-order chi connectivity index (χ1) is 11.4. The molecule has 1 aliphatic rings. The Labute approximate surface area is 136 Å². The fraction of sp³-hybridized carbons (Fsp3) is 0.263. The van der Waals surface area contributed by atoms with Gasteiger partial charge in [-0.15, -0.1) is 10.2 Å². The van der Waals surface area contributed by atoms with Crippen molar-refractivity contribution in [3.63, 3.8) is 0 Å². The Hall–Kier alpha value is -2.46. The van der Waals surface area contributed by atoms with Gasteiger partial charge in [0.1, 0.15) is 5.69 Å². The quantitative estimate of drug-likeness (QED) is 0.790. The summed E-state index contributed by atoms with van der Waals surface area (Å²) in [4.78, 5) is 2.35. The first-order valence-corrected chi connectivity index (χ1v) is 8.20. The van der Waals surface area contributed by atoms with Crippen molar-refractivity contribution >= 4 is 16.6 Å². The average Bonchev–Trinajstić information content (AvgIpc) is 2.91. The Bertz CT molecular complexity index is 793. The summed E-state index contributed by atoms with van der Waals surface area (Å²) in [6.45, 7) is 4.07. The summed E-state index contributed by atoms with van der Waals surface area (Å²) < 4.78 is 0. The molecular weight excluding hydrogens is 284 g/mol. The monoisotopic (exact) mass is 304 g/mol. The largest absolute Gasteiger partial charge is 0.353 e. The SMILES string of the molecule is c1ccc(-c2nnc(N3CCCNCC3)c3ccccc23)cc1. The van der Waals surface area contributed by atoms with E-state index in [1.165, 1.54) is 10.8 Å². The maximum Gasteiger partial charge on any atom is 0.159 e. The number of benzene rings is 2. The van der Waals surface area contributed by atoms with E-state index in [9.17, 15) is 0 Å². The van der Waals surface area contributed by atoms with Crippen LogP contribution >= 0.6 is 0 Å². The van der Waals surface area contributed by atoms with Crippen molar-refractivity contribution in [2.45, 2.75) is 6.42 Å². The van der Waals surface area contributed by atoms with Gasteiger partial charge in [-0.05, 0) is 13.0 Å². The Balaban J connectivity index is 1.85. The summed E-state index contributed by atoms with van der Waals surface area (Å²) in [6, 6.07) is 18.7. The second-order valence-corrected chi connectivity index (χ2v) is 5.87. The van der Waals surface area contributed by atoms with E-state index in [0.29, 0.717) is 0 Å². The van der Waals surface area contributed by atoms with Gasteiger partial charge in [0.05, 0.1) is 0 Å². The molecule has 0 aliphatic carbocycles. The maximum absolute atomic E-state index is 4.60. The van der Waals surface area contributed by atoms with Crippen LogP contribution in [0, 0.1) is 0 Å². The standard InChI is InChI=1S/C19H20N4/c1-2-7-15(8-3-1)18-16-9-4-5-10-17(16)19(22-21-18)23-13-6-11-20-12-14-23/h1-5,7-10,20H,6,11-14H2. The van der Waals surface area contributed by atoms with Gasteiger partial charge in [-0.3, -0.25) is 0 Å². The summed E-state index contributed by atoms with van der Waals surface area (Å²) in [5, 5.41) is 15.0. The lowest BCUT2D eigenvalue weighted by molar-refractivity contribution is 0.724. The summed E-state index contributed by atoms with van der Waals surface area (Å²) in [5.74, 6) is 1.00. The Kier molecular flexibility index (Phi) is 3.90. The summed E-state index contributed by atoms with van der Waals surface area (Å²) >= 11 is 0. The van der Waals surface area contributed by atoms with Gasteiger partial charge in [0.2, 0.25) is 0 Å². The molecule has 2 aromatic carbocycles. The molecule has 23 heavy (non-hydrogen) atoms. The van der Waals surface area contributed by atoms with Crippen LogP contribution in [0.5, 0.6) is 0 Å². The zero-order valence-corrected chi connectivity index (χ0v) is 13.1. The predicted octanol–water partition coefficient (Wildman–Crippen LogP) is 3.10. The highest BCUT2D eigenvalue weighted by Crippen LogP contribution is 2.31. The van der Waals surface area contributed by atoms with Crippen LogP contribution in [-0.2, 0) is 0 Å². The molecule has 1 fully saturated rings. The molecule has 0 atom stereocenters. The second-order valence-electron chi connectivity index (χ2n) is 5.87. The molecule has 0 unspecified atom stereocenters. The van der Waals surface area contributed by atoms with Crippen LogP contribution in [0.25, 0.3) is 22.0 Å². The first kappa shape index (κ1) is 14.2. The minimum absolute atomic E-state index is 0.956. The van der Waals surface area contributed by atoms with Crippen molar-refractivity contribution in [1.29, 1.82) is 0 Å². The van der Waals surface area contributed by atoms with Gasteiger partial charge in [0.15, 0.2) is 5.82 Å². The van der Waals surface area contributed by atoms with E-state index in [0.717, 1.165) is 49.7 Å². The van der Waals surface area contributed by atoms with Crippen molar-refractivity contribution in [2.75, 3.05) is 31.1 Å². The van der Waals surface area contributed by atoms with Crippen molar-refractivity contribution in [2.24, 2.45) is 0 Å². The van der Waals surface area contributed by atoms with Crippen LogP contribution in [0.3, 0.4) is 0 Å². The van der Waals surface area contributed by atoms with Gasteiger partial charge in [0, 0.05) is 36.0 Å². The van der Waals surface area contributed by atoms with Crippen molar-refractivity contribution in [3.05, 3.63) is 54.6 Å². The third kappa shape index (κ3) is 2.78. The third-order valence-electron chi connectivity index (χ3n) is 4.35. The van der Waals surface area contributed by atoms with Crippen molar-refractivity contribution in [3.8, 4) is 11.3 Å². The number of nitrogens with zero attached hydrogens (tertiary/aromatic N) is 3. The lowest BCUT2D eigenvalue weighted by atomic mass is 10.0. The normalized spacial score (nSPS) is 15.6. The zero-order valence-electron chi connectivity index (χ0n) is 13.1. The molecular formula is C19H20N4. The van der Waals surface area contributed by atoms with Gasteiger partial charge < -0.3 is 10.2 Å². The topological polar surface area (TPSA) is 41.1 Å². The smallest absolute Gasteiger partial charge is 0.159 e. The molecule has 0 bridgehead atoms. The molecule has 2 heterocycles. The van der Waals surface area contributed by atoms with E-state index in [-0.39, 0.29) is 0 Å². The molecule has 4 nitrogen and oxygen atoms in total. The number of aromatic nitrogens is 2. The Morgan fingerprint density at radius 1 is 0.783 bits per heavy atom. The van der Waals surface area contributed by atoms with E-state index in [1.807, 2.05) is 18.2 Å². The van der Waals surface area contributed by atoms with Gasteiger partial charge in [0.25, 0.3) is 0 Å². The molecule has 4 heteroatoms. The summed E-state index contributed by atoms with van der Waals surface area (Å²) in [7, 11) is 0. The highest BCUT2D eigenvalue weighted by Gasteiger charge is 2.16. The molecule has 1 saturated heterocycles. The van der Waals surface area contributed by atoms with Crippen LogP contribution in [0.15, 0.2) is 54.6 Å². The molecule has 116 valence electrons. The molecule has 0 radical (unpaired) electrons. The van der Waals surface area contributed by atoms with E-state index in [2.05, 4.69) is 56.8 Å². The zero-order chi connectivity index (χ0) is 15.5. The Morgan fingerprint density at radius 3 is 2.43 bits per heavy atom.